The van der Waals surface area contributed by atoms with E-state index in [1.807, 2.05) is 27.7 Å². The quantitative estimate of drug-likeness (QED) is 0.604. The summed E-state index contributed by atoms with van der Waals surface area (Å²) < 4.78 is 1.60. The number of hydrogen-bond donors (Lipinski definition) is 0. The first-order valence-corrected chi connectivity index (χ1v) is 4.37. The molecule has 0 unspecified atom stereocenters. The Morgan fingerprint density at radius 2 is 1.92 bits per heavy atom. The van der Waals surface area contributed by atoms with Gasteiger partial charge in [-0.05, 0) is 6.92 Å². The lowest BCUT2D eigenvalue weighted by Crippen LogP contribution is -2.29. The minimum atomic E-state index is -0.0834. The first kappa shape index (κ1) is 9.96. The standard InChI is InChI=1S/C10H16N2O/c1-7-6-8(13)12(5)9(11-7)10(2,3)4/h6H,1-5H3. The molecule has 0 spiro atoms. The molecule has 0 radical (unpaired) electrons. The molecule has 0 bridgehead atoms. The number of hydrogen-bond acceptors (Lipinski definition) is 2. The number of aromatic nitrogens is 2. The van der Waals surface area contributed by atoms with E-state index in [0.717, 1.165) is 11.5 Å². The summed E-state index contributed by atoms with van der Waals surface area (Å²) in [6.07, 6.45) is 0. The van der Waals surface area contributed by atoms with Gasteiger partial charge in [0.25, 0.3) is 5.56 Å². The van der Waals surface area contributed by atoms with Gasteiger partial charge < -0.3 is 0 Å². The molecule has 1 heterocycles. The second-order valence-corrected chi connectivity index (χ2v) is 4.37. The van der Waals surface area contributed by atoms with Crippen molar-refractivity contribution >= 4 is 0 Å². The van der Waals surface area contributed by atoms with Crippen LogP contribution in [0.15, 0.2) is 10.9 Å². The molecule has 0 saturated carbocycles. The van der Waals surface area contributed by atoms with Crippen LogP contribution >= 0.6 is 0 Å². The van der Waals surface area contributed by atoms with E-state index in [1.54, 1.807) is 17.7 Å². The first-order chi connectivity index (χ1) is 5.82. The highest BCUT2D eigenvalue weighted by atomic mass is 16.1. The molecule has 3 nitrogen and oxygen atoms in total. The van der Waals surface area contributed by atoms with E-state index in [-0.39, 0.29) is 11.0 Å². The third-order valence-corrected chi connectivity index (χ3v) is 1.93. The molecule has 1 aromatic rings. The highest BCUT2D eigenvalue weighted by Crippen LogP contribution is 2.17. The van der Waals surface area contributed by atoms with Crippen molar-refractivity contribution in [2.75, 3.05) is 0 Å². The van der Waals surface area contributed by atoms with Crippen molar-refractivity contribution < 1.29 is 0 Å². The topological polar surface area (TPSA) is 34.9 Å². The molecule has 0 aliphatic heterocycles. The SMILES string of the molecule is Cc1cc(=O)n(C)c(C(C)(C)C)n1. The minimum absolute atomic E-state index is 0.0115. The second-order valence-electron chi connectivity index (χ2n) is 4.37. The molecule has 13 heavy (non-hydrogen) atoms. The fourth-order valence-corrected chi connectivity index (χ4v) is 1.33. The van der Waals surface area contributed by atoms with Crippen molar-refractivity contribution in [2.45, 2.75) is 33.1 Å². The van der Waals surface area contributed by atoms with Gasteiger partial charge in [-0.2, -0.15) is 0 Å². The van der Waals surface area contributed by atoms with Gasteiger partial charge in [-0.25, -0.2) is 4.98 Å². The lowest BCUT2D eigenvalue weighted by Gasteiger charge is -2.20. The van der Waals surface area contributed by atoms with Gasteiger partial charge in [0, 0.05) is 24.2 Å². The van der Waals surface area contributed by atoms with E-state index in [9.17, 15) is 4.79 Å². The Labute approximate surface area is 78.4 Å². The molecular weight excluding hydrogens is 164 g/mol. The largest absolute Gasteiger partial charge is 0.299 e. The van der Waals surface area contributed by atoms with Crippen molar-refractivity contribution in [3.8, 4) is 0 Å². The summed E-state index contributed by atoms with van der Waals surface area (Å²) in [5.41, 5.74) is 0.713. The van der Waals surface area contributed by atoms with E-state index in [1.165, 1.54) is 0 Å². The molecule has 72 valence electrons. The highest BCUT2D eigenvalue weighted by Gasteiger charge is 2.19. The molecule has 0 N–H and O–H groups in total. The zero-order chi connectivity index (χ0) is 10.2. The van der Waals surface area contributed by atoms with Crippen molar-refractivity contribution in [3.63, 3.8) is 0 Å². The van der Waals surface area contributed by atoms with Crippen LogP contribution in [0.25, 0.3) is 0 Å². The molecule has 1 rings (SSSR count). The molecule has 0 saturated heterocycles. The van der Waals surface area contributed by atoms with Crippen LogP contribution in [0.2, 0.25) is 0 Å². The van der Waals surface area contributed by atoms with Gasteiger partial charge in [-0.1, -0.05) is 20.8 Å². The number of aryl methyl sites for hydroxylation is 1. The van der Waals surface area contributed by atoms with E-state index in [0.29, 0.717) is 0 Å². The summed E-state index contributed by atoms with van der Waals surface area (Å²) in [6, 6.07) is 1.55. The lowest BCUT2D eigenvalue weighted by molar-refractivity contribution is 0.502. The second kappa shape index (κ2) is 2.98. The van der Waals surface area contributed by atoms with E-state index < -0.39 is 0 Å². The van der Waals surface area contributed by atoms with E-state index >= 15 is 0 Å². The van der Waals surface area contributed by atoms with Crippen LogP contribution < -0.4 is 5.56 Å². The normalized spacial score (nSPS) is 11.8. The number of nitrogens with zero attached hydrogens (tertiary/aromatic N) is 2. The summed E-state index contributed by atoms with van der Waals surface area (Å²) in [5.74, 6) is 0.831. The van der Waals surface area contributed by atoms with Crippen molar-refractivity contribution in [1.82, 2.24) is 9.55 Å². The van der Waals surface area contributed by atoms with Crippen LogP contribution in [0, 0.1) is 6.92 Å². The molecule has 3 heteroatoms. The Morgan fingerprint density at radius 1 is 1.38 bits per heavy atom. The van der Waals surface area contributed by atoms with E-state index in [2.05, 4.69) is 4.98 Å². The average molecular weight is 180 g/mol. The molecule has 0 aliphatic carbocycles. The lowest BCUT2D eigenvalue weighted by atomic mass is 9.95. The molecule has 1 aromatic heterocycles. The van der Waals surface area contributed by atoms with Crippen LogP contribution in [-0.2, 0) is 12.5 Å². The Balaban J connectivity index is 3.46. The maximum absolute atomic E-state index is 11.4. The van der Waals surface area contributed by atoms with Crippen LogP contribution in [0.3, 0.4) is 0 Å². The van der Waals surface area contributed by atoms with Crippen molar-refractivity contribution in [3.05, 3.63) is 27.9 Å². The van der Waals surface area contributed by atoms with Crippen LogP contribution in [0.5, 0.6) is 0 Å². The monoisotopic (exact) mass is 180 g/mol. The zero-order valence-corrected chi connectivity index (χ0v) is 8.88. The summed E-state index contributed by atoms with van der Waals surface area (Å²) >= 11 is 0. The molecule has 0 amide bonds. The summed E-state index contributed by atoms with van der Waals surface area (Å²) in [5, 5.41) is 0. The van der Waals surface area contributed by atoms with Gasteiger partial charge in [-0.3, -0.25) is 9.36 Å². The predicted molar refractivity (Wildman–Crippen MR) is 52.9 cm³/mol. The van der Waals surface area contributed by atoms with Gasteiger partial charge in [0.2, 0.25) is 0 Å². The van der Waals surface area contributed by atoms with E-state index in [4.69, 9.17) is 0 Å². The van der Waals surface area contributed by atoms with Gasteiger partial charge in [0.1, 0.15) is 5.82 Å². The smallest absolute Gasteiger partial charge is 0.253 e. The number of rotatable bonds is 0. The fourth-order valence-electron chi connectivity index (χ4n) is 1.33. The zero-order valence-electron chi connectivity index (χ0n) is 8.88. The third-order valence-electron chi connectivity index (χ3n) is 1.93. The minimum Gasteiger partial charge on any atom is -0.299 e. The Hall–Kier alpha value is -1.12. The average Bonchev–Trinajstić information content (AvgIpc) is 1.94. The molecule has 0 aromatic carbocycles. The molecule has 0 aliphatic rings. The van der Waals surface area contributed by atoms with Crippen molar-refractivity contribution in [1.29, 1.82) is 0 Å². The summed E-state index contributed by atoms with van der Waals surface area (Å²) in [7, 11) is 1.76. The maximum atomic E-state index is 11.4. The fraction of sp³-hybridized carbons (Fsp3) is 0.600. The molecule has 0 atom stereocenters. The first-order valence-electron chi connectivity index (χ1n) is 4.37. The van der Waals surface area contributed by atoms with Gasteiger partial charge in [0.15, 0.2) is 0 Å². The highest BCUT2D eigenvalue weighted by molar-refractivity contribution is 5.09. The van der Waals surface area contributed by atoms with Crippen LogP contribution in [-0.4, -0.2) is 9.55 Å². The summed E-state index contributed by atoms with van der Waals surface area (Å²) in [4.78, 5) is 15.8. The van der Waals surface area contributed by atoms with Gasteiger partial charge in [0.05, 0.1) is 0 Å². The Kier molecular flexibility index (Phi) is 2.28. The Bertz CT molecular complexity index is 371. The van der Waals surface area contributed by atoms with Gasteiger partial charge in [-0.15, -0.1) is 0 Å². The molecular formula is C10H16N2O. The Morgan fingerprint density at radius 3 is 2.38 bits per heavy atom. The molecule has 0 fully saturated rings. The predicted octanol–water partition coefficient (Wildman–Crippen LogP) is 1.39. The summed E-state index contributed by atoms with van der Waals surface area (Å²) in [6.45, 7) is 7.99. The van der Waals surface area contributed by atoms with Crippen LogP contribution in [0.4, 0.5) is 0 Å². The van der Waals surface area contributed by atoms with Crippen LogP contribution in [0.1, 0.15) is 32.3 Å². The van der Waals surface area contributed by atoms with Crippen molar-refractivity contribution in [2.24, 2.45) is 7.05 Å². The van der Waals surface area contributed by atoms with Gasteiger partial charge >= 0.3 is 0 Å². The maximum Gasteiger partial charge on any atom is 0.253 e. The third kappa shape index (κ3) is 1.97.